The molecule has 138 valence electrons. The minimum absolute atomic E-state index is 0.444. The minimum Gasteiger partial charge on any atom is -0.362 e. The molecule has 1 fully saturated rings. The summed E-state index contributed by atoms with van der Waals surface area (Å²) in [6, 6.07) is 9.81. The third-order valence-corrected chi connectivity index (χ3v) is 4.73. The van der Waals surface area contributed by atoms with Crippen molar-refractivity contribution < 1.29 is 0 Å². The standard InChI is InChI=1S/C20H21ClN6/c1-26(2)20-14-7-3-4-8-15(14)22-17(25-20)9-10-18-23-16(21)13-19(24-18)27-11-5-6-12-27/h3-4,7-10,13H,5-6,11-12H2,1-2H3. The molecule has 1 aliphatic rings. The summed E-state index contributed by atoms with van der Waals surface area (Å²) < 4.78 is 0. The van der Waals surface area contributed by atoms with E-state index >= 15 is 0 Å². The summed E-state index contributed by atoms with van der Waals surface area (Å²) >= 11 is 6.21. The van der Waals surface area contributed by atoms with Crippen molar-refractivity contribution in [2.45, 2.75) is 12.8 Å². The smallest absolute Gasteiger partial charge is 0.156 e. The number of hydrogen-bond acceptors (Lipinski definition) is 6. The number of hydrogen-bond donors (Lipinski definition) is 0. The van der Waals surface area contributed by atoms with Crippen LogP contribution in [0.4, 0.5) is 11.6 Å². The molecule has 3 heterocycles. The Kier molecular flexibility index (Phi) is 4.90. The van der Waals surface area contributed by atoms with Gasteiger partial charge in [-0.15, -0.1) is 0 Å². The number of aromatic nitrogens is 4. The van der Waals surface area contributed by atoms with E-state index in [4.69, 9.17) is 11.6 Å². The zero-order valence-corrected chi connectivity index (χ0v) is 16.2. The van der Waals surface area contributed by atoms with Crippen molar-refractivity contribution in [1.82, 2.24) is 19.9 Å². The maximum Gasteiger partial charge on any atom is 0.156 e. The van der Waals surface area contributed by atoms with Crippen LogP contribution < -0.4 is 9.80 Å². The van der Waals surface area contributed by atoms with Crippen LogP contribution in [0.3, 0.4) is 0 Å². The Hall–Kier alpha value is -2.73. The molecule has 0 saturated carbocycles. The molecule has 0 spiro atoms. The number of para-hydroxylation sites is 1. The van der Waals surface area contributed by atoms with Crippen molar-refractivity contribution in [2.75, 3.05) is 37.0 Å². The fourth-order valence-electron chi connectivity index (χ4n) is 3.25. The minimum atomic E-state index is 0.444. The molecule has 0 radical (unpaired) electrons. The maximum atomic E-state index is 6.21. The second-order valence-electron chi connectivity index (χ2n) is 6.75. The van der Waals surface area contributed by atoms with Gasteiger partial charge in [0, 0.05) is 38.6 Å². The third-order valence-electron chi connectivity index (χ3n) is 4.53. The molecule has 4 rings (SSSR count). The van der Waals surface area contributed by atoms with Gasteiger partial charge in [0.2, 0.25) is 0 Å². The molecule has 0 unspecified atom stereocenters. The summed E-state index contributed by atoms with van der Waals surface area (Å²) in [5, 5.41) is 1.47. The lowest BCUT2D eigenvalue weighted by Gasteiger charge is -2.16. The molecular formula is C20H21ClN6. The van der Waals surface area contributed by atoms with E-state index in [0.29, 0.717) is 16.8 Å². The second-order valence-corrected chi connectivity index (χ2v) is 7.14. The fourth-order valence-corrected chi connectivity index (χ4v) is 3.43. The van der Waals surface area contributed by atoms with Crippen LogP contribution in [-0.2, 0) is 0 Å². The van der Waals surface area contributed by atoms with Gasteiger partial charge in [-0.25, -0.2) is 19.9 Å². The molecule has 3 aromatic rings. The van der Waals surface area contributed by atoms with E-state index in [9.17, 15) is 0 Å². The van der Waals surface area contributed by atoms with Crippen LogP contribution in [0.2, 0.25) is 5.15 Å². The van der Waals surface area contributed by atoms with Gasteiger partial charge in [-0.05, 0) is 37.1 Å². The highest BCUT2D eigenvalue weighted by Crippen LogP contribution is 2.24. The normalized spacial score (nSPS) is 14.4. The van der Waals surface area contributed by atoms with E-state index in [1.807, 2.05) is 61.5 Å². The van der Waals surface area contributed by atoms with E-state index in [1.165, 1.54) is 12.8 Å². The summed E-state index contributed by atoms with van der Waals surface area (Å²) in [4.78, 5) is 22.5. The molecule has 0 N–H and O–H groups in total. The molecule has 27 heavy (non-hydrogen) atoms. The van der Waals surface area contributed by atoms with Gasteiger partial charge in [0.15, 0.2) is 11.6 Å². The van der Waals surface area contributed by atoms with Gasteiger partial charge in [-0.3, -0.25) is 0 Å². The van der Waals surface area contributed by atoms with E-state index in [-0.39, 0.29) is 0 Å². The molecule has 0 atom stereocenters. The van der Waals surface area contributed by atoms with Crippen LogP contribution in [0.1, 0.15) is 24.5 Å². The Labute approximate surface area is 163 Å². The van der Waals surface area contributed by atoms with Gasteiger partial charge >= 0.3 is 0 Å². The summed E-state index contributed by atoms with van der Waals surface area (Å²) in [6.07, 6.45) is 6.02. The molecule has 0 amide bonds. The van der Waals surface area contributed by atoms with Gasteiger partial charge in [-0.2, -0.15) is 0 Å². The lowest BCUT2D eigenvalue weighted by Crippen LogP contribution is -2.19. The van der Waals surface area contributed by atoms with Crippen LogP contribution in [-0.4, -0.2) is 47.1 Å². The van der Waals surface area contributed by atoms with Crippen LogP contribution in [0.5, 0.6) is 0 Å². The van der Waals surface area contributed by atoms with Crippen LogP contribution >= 0.6 is 11.6 Å². The van der Waals surface area contributed by atoms with E-state index in [1.54, 1.807) is 0 Å². The van der Waals surface area contributed by atoms with Crippen LogP contribution in [0.15, 0.2) is 30.3 Å². The van der Waals surface area contributed by atoms with Gasteiger partial charge in [0.1, 0.15) is 16.8 Å². The molecule has 1 aliphatic heterocycles. The fraction of sp³-hybridized carbons (Fsp3) is 0.300. The number of fused-ring (bicyclic) bond motifs is 1. The van der Waals surface area contributed by atoms with Gasteiger partial charge in [0.25, 0.3) is 0 Å². The quantitative estimate of drug-likeness (QED) is 0.639. The summed E-state index contributed by atoms with van der Waals surface area (Å²) in [5.74, 6) is 2.93. The van der Waals surface area contributed by atoms with Crippen molar-refractivity contribution in [1.29, 1.82) is 0 Å². The predicted octanol–water partition coefficient (Wildman–Crippen LogP) is 3.91. The first-order valence-corrected chi connectivity index (χ1v) is 9.40. The number of rotatable bonds is 4. The van der Waals surface area contributed by atoms with Crippen molar-refractivity contribution in [3.8, 4) is 0 Å². The summed E-state index contributed by atoms with van der Waals surface area (Å²) in [5.41, 5.74) is 0.903. The topological polar surface area (TPSA) is 58.0 Å². The van der Waals surface area contributed by atoms with E-state index < -0.39 is 0 Å². The van der Waals surface area contributed by atoms with Crippen molar-refractivity contribution >= 4 is 46.3 Å². The number of halogens is 1. The van der Waals surface area contributed by atoms with Crippen molar-refractivity contribution in [3.05, 3.63) is 47.1 Å². The number of benzene rings is 1. The third kappa shape index (κ3) is 3.85. The first-order chi connectivity index (χ1) is 13.1. The van der Waals surface area contributed by atoms with Crippen LogP contribution in [0.25, 0.3) is 23.1 Å². The molecule has 7 heteroatoms. The first kappa shape index (κ1) is 17.7. The monoisotopic (exact) mass is 380 g/mol. The highest BCUT2D eigenvalue weighted by molar-refractivity contribution is 6.29. The molecule has 1 aromatic carbocycles. The average molecular weight is 381 g/mol. The van der Waals surface area contributed by atoms with E-state index in [2.05, 4.69) is 24.8 Å². The van der Waals surface area contributed by atoms with Gasteiger partial charge < -0.3 is 9.80 Å². The molecular weight excluding hydrogens is 360 g/mol. The zero-order valence-electron chi connectivity index (χ0n) is 15.4. The van der Waals surface area contributed by atoms with Crippen LogP contribution in [0, 0.1) is 0 Å². The Balaban J connectivity index is 1.68. The van der Waals surface area contributed by atoms with E-state index in [0.717, 1.165) is 35.6 Å². The number of anilines is 2. The van der Waals surface area contributed by atoms with Crippen molar-refractivity contribution in [3.63, 3.8) is 0 Å². The Morgan fingerprint density at radius 1 is 0.963 bits per heavy atom. The molecule has 1 saturated heterocycles. The molecule has 0 bridgehead atoms. The molecule has 6 nitrogen and oxygen atoms in total. The second kappa shape index (κ2) is 7.48. The zero-order chi connectivity index (χ0) is 18.8. The molecule has 2 aromatic heterocycles. The van der Waals surface area contributed by atoms with Crippen molar-refractivity contribution in [2.24, 2.45) is 0 Å². The SMILES string of the molecule is CN(C)c1nc(C=Cc2nc(Cl)cc(N3CCCC3)n2)nc2ccccc12. The summed E-state index contributed by atoms with van der Waals surface area (Å²) in [6.45, 7) is 2.02. The predicted molar refractivity (Wildman–Crippen MR) is 111 cm³/mol. The lowest BCUT2D eigenvalue weighted by molar-refractivity contribution is 0.923. The Bertz CT molecular complexity index is 995. The Morgan fingerprint density at radius 2 is 1.67 bits per heavy atom. The highest BCUT2D eigenvalue weighted by Gasteiger charge is 2.15. The number of nitrogens with zero attached hydrogens (tertiary/aromatic N) is 6. The summed E-state index contributed by atoms with van der Waals surface area (Å²) in [7, 11) is 3.95. The lowest BCUT2D eigenvalue weighted by atomic mass is 10.2. The maximum absolute atomic E-state index is 6.21. The highest BCUT2D eigenvalue weighted by atomic mass is 35.5. The van der Waals surface area contributed by atoms with Gasteiger partial charge in [-0.1, -0.05) is 23.7 Å². The first-order valence-electron chi connectivity index (χ1n) is 9.02. The molecule has 0 aliphatic carbocycles. The van der Waals surface area contributed by atoms with Gasteiger partial charge in [0.05, 0.1) is 5.52 Å². The average Bonchev–Trinajstić information content (AvgIpc) is 3.20. The Morgan fingerprint density at radius 3 is 2.41 bits per heavy atom. The largest absolute Gasteiger partial charge is 0.362 e.